The van der Waals surface area contributed by atoms with Gasteiger partial charge in [-0.05, 0) is 29.3 Å². The number of benzene rings is 1. The Morgan fingerprint density at radius 1 is 1.12 bits per heavy atom. The van der Waals surface area contributed by atoms with E-state index in [0.29, 0.717) is 31.3 Å². The summed E-state index contributed by atoms with van der Waals surface area (Å²) in [7, 11) is 5.60. The smallest absolute Gasteiger partial charge is 0.203 e. The fraction of sp³-hybridized carbons (Fsp3) is 0.389. The minimum absolute atomic E-state index is 0. The zero-order valence-electron chi connectivity index (χ0n) is 14.7. The average molecular weight is 366 g/mol. The van der Waals surface area contributed by atoms with Gasteiger partial charge in [0.05, 0.1) is 7.11 Å². The highest BCUT2D eigenvalue weighted by molar-refractivity contribution is 5.85. The van der Waals surface area contributed by atoms with Crippen LogP contribution in [0.1, 0.15) is 11.1 Å². The SMILES string of the molecule is COc1cc(CNCc2ccc(N(C)C)nc2)cc2c1OCCO2.Cl. The standard InChI is InChI=1S/C18H23N3O3.ClH/c1-21(2)17-5-4-13(12-20-17)10-19-11-14-8-15(22-3)18-16(9-14)23-6-7-24-18;/h4-5,8-9,12,19H,6-7,10-11H2,1-3H3;1H. The van der Waals surface area contributed by atoms with Gasteiger partial charge in [0.25, 0.3) is 0 Å². The molecule has 0 amide bonds. The van der Waals surface area contributed by atoms with E-state index in [-0.39, 0.29) is 12.4 Å². The van der Waals surface area contributed by atoms with Crippen LogP contribution in [0.2, 0.25) is 0 Å². The van der Waals surface area contributed by atoms with Gasteiger partial charge in [0.15, 0.2) is 11.5 Å². The Labute approximate surface area is 154 Å². The summed E-state index contributed by atoms with van der Waals surface area (Å²) in [6.07, 6.45) is 1.90. The van der Waals surface area contributed by atoms with E-state index in [1.165, 1.54) is 0 Å². The molecule has 1 aromatic heterocycles. The maximum atomic E-state index is 5.66. The van der Waals surface area contributed by atoms with Gasteiger partial charge in [0, 0.05) is 33.4 Å². The Hall–Kier alpha value is -2.18. The first-order chi connectivity index (χ1) is 11.7. The van der Waals surface area contributed by atoms with Crippen molar-refractivity contribution in [2.45, 2.75) is 13.1 Å². The number of nitrogens with one attached hydrogen (secondary N) is 1. The molecule has 0 atom stereocenters. The largest absolute Gasteiger partial charge is 0.493 e. The molecule has 0 unspecified atom stereocenters. The fourth-order valence-corrected chi connectivity index (χ4v) is 2.57. The predicted molar refractivity (Wildman–Crippen MR) is 100 cm³/mol. The van der Waals surface area contributed by atoms with Gasteiger partial charge in [-0.15, -0.1) is 12.4 Å². The molecule has 2 heterocycles. The summed E-state index contributed by atoms with van der Waals surface area (Å²) < 4.78 is 16.7. The fourth-order valence-electron chi connectivity index (χ4n) is 2.57. The molecule has 2 aromatic rings. The molecule has 7 heteroatoms. The van der Waals surface area contributed by atoms with Gasteiger partial charge in [-0.2, -0.15) is 0 Å². The quantitative estimate of drug-likeness (QED) is 0.849. The lowest BCUT2D eigenvalue weighted by Crippen LogP contribution is -2.17. The van der Waals surface area contributed by atoms with E-state index in [4.69, 9.17) is 14.2 Å². The second-order valence-electron chi connectivity index (χ2n) is 5.84. The third-order valence-corrected chi connectivity index (χ3v) is 3.81. The number of hydrogen-bond donors (Lipinski definition) is 1. The predicted octanol–water partition coefficient (Wildman–Crippen LogP) is 2.64. The lowest BCUT2D eigenvalue weighted by Gasteiger charge is -2.21. The Kier molecular flexibility index (Phi) is 6.73. The van der Waals surface area contributed by atoms with Crippen LogP contribution in [0, 0.1) is 0 Å². The van der Waals surface area contributed by atoms with E-state index in [1.54, 1.807) is 7.11 Å². The molecule has 0 aliphatic carbocycles. The molecular weight excluding hydrogens is 342 g/mol. The third-order valence-electron chi connectivity index (χ3n) is 3.81. The summed E-state index contributed by atoms with van der Waals surface area (Å²) in [5.74, 6) is 3.10. The summed E-state index contributed by atoms with van der Waals surface area (Å²) >= 11 is 0. The number of fused-ring (bicyclic) bond motifs is 1. The lowest BCUT2D eigenvalue weighted by molar-refractivity contribution is 0.165. The minimum Gasteiger partial charge on any atom is -0.493 e. The van der Waals surface area contributed by atoms with Crippen molar-refractivity contribution in [2.75, 3.05) is 39.3 Å². The number of ether oxygens (including phenoxy) is 3. The monoisotopic (exact) mass is 365 g/mol. The van der Waals surface area contributed by atoms with Gasteiger partial charge < -0.3 is 24.4 Å². The van der Waals surface area contributed by atoms with Crippen LogP contribution in [0.3, 0.4) is 0 Å². The molecule has 0 radical (unpaired) electrons. The van der Waals surface area contributed by atoms with Crippen LogP contribution in [0.4, 0.5) is 5.82 Å². The molecule has 1 aliphatic rings. The molecule has 136 valence electrons. The molecule has 3 rings (SSSR count). The van der Waals surface area contributed by atoms with Crippen molar-refractivity contribution in [1.82, 2.24) is 10.3 Å². The topological polar surface area (TPSA) is 55.9 Å². The zero-order valence-corrected chi connectivity index (χ0v) is 15.6. The van der Waals surface area contributed by atoms with Crippen LogP contribution in [-0.4, -0.2) is 39.4 Å². The number of pyridine rings is 1. The number of hydrogen-bond acceptors (Lipinski definition) is 6. The van der Waals surface area contributed by atoms with E-state index >= 15 is 0 Å². The van der Waals surface area contributed by atoms with Gasteiger partial charge >= 0.3 is 0 Å². The maximum absolute atomic E-state index is 5.66. The number of anilines is 1. The van der Waals surface area contributed by atoms with Gasteiger partial charge in [-0.3, -0.25) is 0 Å². The number of methoxy groups -OCH3 is 1. The van der Waals surface area contributed by atoms with E-state index < -0.39 is 0 Å². The molecule has 1 N–H and O–H groups in total. The highest BCUT2D eigenvalue weighted by atomic mass is 35.5. The average Bonchev–Trinajstić information content (AvgIpc) is 2.61. The summed E-state index contributed by atoms with van der Waals surface area (Å²) in [5.41, 5.74) is 2.24. The zero-order chi connectivity index (χ0) is 16.9. The number of rotatable bonds is 6. The van der Waals surface area contributed by atoms with Gasteiger partial charge in [0.2, 0.25) is 5.75 Å². The normalized spacial score (nSPS) is 12.3. The first kappa shape index (κ1) is 19.1. The van der Waals surface area contributed by atoms with Crippen LogP contribution in [0.25, 0.3) is 0 Å². The second kappa shape index (κ2) is 8.78. The summed E-state index contributed by atoms with van der Waals surface area (Å²) in [4.78, 5) is 6.40. The first-order valence-corrected chi connectivity index (χ1v) is 7.97. The molecule has 1 aromatic carbocycles. The van der Waals surface area contributed by atoms with E-state index in [0.717, 1.165) is 29.2 Å². The number of aromatic nitrogens is 1. The van der Waals surface area contributed by atoms with E-state index in [2.05, 4.69) is 16.4 Å². The van der Waals surface area contributed by atoms with Crippen molar-refractivity contribution < 1.29 is 14.2 Å². The van der Waals surface area contributed by atoms with Crippen molar-refractivity contribution in [2.24, 2.45) is 0 Å². The molecule has 0 bridgehead atoms. The van der Waals surface area contributed by atoms with E-state index in [9.17, 15) is 0 Å². The molecule has 1 aliphatic heterocycles. The third kappa shape index (κ3) is 4.67. The number of nitrogens with zero attached hydrogens (tertiary/aromatic N) is 2. The van der Waals surface area contributed by atoms with E-state index in [1.807, 2.05) is 43.4 Å². The lowest BCUT2D eigenvalue weighted by atomic mass is 10.1. The molecule has 0 spiro atoms. The van der Waals surface area contributed by atoms with Crippen LogP contribution in [0.5, 0.6) is 17.2 Å². The first-order valence-electron chi connectivity index (χ1n) is 7.97. The van der Waals surface area contributed by atoms with Crippen LogP contribution >= 0.6 is 12.4 Å². The molecule has 25 heavy (non-hydrogen) atoms. The van der Waals surface area contributed by atoms with Crippen molar-refractivity contribution in [1.29, 1.82) is 0 Å². The van der Waals surface area contributed by atoms with Crippen molar-refractivity contribution >= 4 is 18.2 Å². The molecular formula is C18H24ClN3O3. The van der Waals surface area contributed by atoms with Crippen LogP contribution < -0.4 is 24.4 Å². The van der Waals surface area contributed by atoms with Gasteiger partial charge in [-0.1, -0.05) is 6.07 Å². The minimum atomic E-state index is 0. The van der Waals surface area contributed by atoms with Crippen molar-refractivity contribution in [3.63, 3.8) is 0 Å². The Balaban J connectivity index is 0.00000225. The Bertz CT molecular complexity index is 675. The Morgan fingerprint density at radius 2 is 1.88 bits per heavy atom. The summed E-state index contributed by atoms with van der Waals surface area (Å²) in [5, 5.41) is 3.42. The summed E-state index contributed by atoms with van der Waals surface area (Å²) in [6, 6.07) is 8.08. The number of halogens is 1. The Morgan fingerprint density at radius 3 is 2.56 bits per heavy atom. The molecule has 6 nitrogen and oxygen atoms in total. The summed E-state index contributed by atoms with van der Waals surface area (Å²) in [6.45, 7) is 2.58. The second-order valence-corrected chi connectivity index (χ2v) is 5.84. The van der Waals surface area contributed by atoms with Gasteiger partial charge in [0.1, 0.15) is 19.0 Å². The molecule has 0 saturated carbocycles. The molecule has 0 saturated heterocycles. The van der Waals surface area contributed by atoms with Crippen LogP contribution in [-0.2, 0) is 13.1 Å². The van der Waals surface area contributed by atoms with Crippen LogP contribution in [0.15, 0.2) is 30.5 Å². The van der Waals surface area contributed by atoms with Crippen molar-refractivity contribution in [3.8, 4) is 17.2 Å². The van der Waals surface area contributed by atoms with Gasteiger partial charge in [-0.25, -0.2) is 4.98 Å². The maximum Gasteiger partial charge on any atom is 0.203 e. The van der Waals surface area contributed by atoms with Crippen molar-refractivity contribution in [3.05, 3.63) is 41.6 Å². The highest BCUT2D eigenvalue weighted by Gasteiger charge is 2.18. The highest BCUT2D eigenvalue weighted by Crippen LogP contribution is 2.40. The molecule has 0 fully saturated rings.